The predicted molar refractivity (Wildman–Crippen MR) is 108 cm³/mol. The molecule has 154 valence electrons. The Bertz CT molecular complexity index is 1030. The predicted octanol–water partition coefficient (Wildman–Crippen LogP) is 5.01. The molecule has 2 heterocycles. The van der Waals surface area contributed by atoms with Crippen molar-refractivity contribution in [3.63, 3.8) is 0 Å². The van der Waals surface area contributed by atoms with Crippen LogP contribution in [0.4, 0.5) is 24.7 Å². The highest BCUT2D eigenvalue weighted by atomic mass is 19.4. The normalized spacial score (nSPS) is 14.0. The van der Waals surface area contributed by atoms with Gasteiger partial charge in [-0.25, -0.2) is 0 Å². The number of benzene rings is 2. The van der Waals surface area contributed by atoms with Crippen molar-refractivity contribution in [1.29, 1.82) is 0 Å². The Morgan fingerprint density at radius 1 is 0.933 bits per heavy atom. The summed E-state index contributed by atoms with van der Waals surface area (Å²) in [7, 11) is 0. The minimum atomic E-state index is -4.44. The number of aromatic nitrogens is 2. The van der Waals surface area contributed by atoms with E-state index in [2.05, 4.69) is 20.4 Å². The van der Waals surface area contributed by atoms with E-state index in [-0.39, 0.29) is 5.56 Å². The topological polar surface area (TPSA) is 58.1 Å². The molecule has 0 atom stereocenters. The van der Waals surface area contributed by atoms with Gasteiger partial charge in [0.15, 0.2) is 5.82 Å². The van der Waals surface area contributed by atoms with Gasteiger partial charge in [0.05, 0.1) is 11.3 Å². The van der Waals surface area contributed by atoms with E-state index in [1.54, 1.807) is 18.2 Å². The van der Waals surface area contributed by atoms with Gasteiger partial charge in [-0.3, -0.25) is 4.79 Å². The van der Waals surface area contributed by atoms with Crippen molar-refractivity contribution in [3.8, 4) is 11.3 Å². The van der Waals surface area contributed by atoms with E-state index in [1.807, 2.05) is 18.2 Å². The van der Waals surface area contributed by atoms with Crippen LogP contribution >= 0.6 is 0 Å². The van der Waals surface area contributed by atoms with Crippen LogP contribution in [-0.4, -0.2) is 29.2 Å². The molecule has 30 heavy (non-hydrogen) atoms. The van der Waals surface area contributed by atoms with Gasteiger partial charge in [-0.15, -0.1) is 10.2 Å². The summed E-state index contributed by atoms with van der Waals surface area (Å²) in [4.78, 5) is 14.6. The first-order valence-corrected chi connectivity index (χ1v) is 9.58. The first-order chi connectivity index (χ1) is 14.4. The third kappa shape index (κ3) is 4.42. The molecule has 1 saturated heterocycles. The van der Waals surface area contributed by atoms with E-state index in [0.29, 0.717) is 11.4 Å². The molecule has 2 aromatic carbocycles. The highest BCUT2D eigenvalue weighted by Crippen LogP contribution is 2.29. The molecule has 1 fully saturated rings. The molecular weight excluding hydrogens is 393 g/mol. The van der Waals surface area contributed by atoms with Crippen molar-refractivity contribution in [2.24, 2.45) is 0 Å². The lowest BCUT2D eigenvalue weighted by molar-refractivity contribution is -0.137. The molecule has 1 aromatic heterocycles. The van der Waals surface area contributed by atoms with E-state index in [4.69, 9.17) is 0 Å². The summed E-state index contributed by atoms with van der Waals surface area (Å²) in [5, 5.41) is 11.3. The SMILES string of the molecule is O=C(Nc1cccc(-c2ccc(N3CCCC3)nn2)c1)c1ccc(C(F)(F)F)cc1. The molecule has 0 unspecified atom stereocenters. The van der Waals surface area contributed by atoms with Crippen LogP contribution in [0.5, 0.6) is 0 Å². The minimum absolute atomic E-state index is 0.142. The van der Waals surface area contributed by atoms with Crippen LogP contribution in [0.25, 0.3) is 11.3 Å². The fraction of sp³-hybridized carbons (Fsp3) is 0.227. The van der Waals surface area contributed by atoms with Crippen molar-refractivity contribution < 1.29 is 18.0 Å². The first kappa shape index (κ1) is 19.9. The number of hydrogen-bond donors (Lipinski definition) is 1. The maximum Gasteiger partial charge on any atom is 0.416 e. The summed E-state index contributed by atoms with van der Waals surface area (Å²) >= 11 is 0. The smallest absolute Gasteiger partial charge is 0.355 e. The summed E-state index contributed by atoms with van der Waals surface area (Å²) < 4.78 is 38.0. The Balaban J connectivity index is 1.47. The zero-order valence-electron chi connectivity index (χ0n) is 16.0. The number of nitrogens with zero attached hydrogens (tertiary/aromatic N) is 3. The van der Waals surface area contributed by atoms with Gasteiger partial charge in [0.1, 0.15) is 0 Å². The summed E-state index contributed by atoms with van der Waals surface area (Å²) in [6.07, 6.45) is -2.12. The fourth-order valence-electron chi connectivity index (χ4n) is 3.36. The number of halogens is 3. The quantitative estimate of drug-likeness (QED) is 0.654. The molecule has 0 radical (unpaired) electrons. The molecule has 0 aliphatic carbocycles. The maximum atomic E-state index is 12.7. The van der Waals surface area contributed by atoms with Gasteiger partial charge < -0.3 is 10.2 Å². The van der Waals surface area contributed by atoms with E-state index in [9.17, 15) is 18.0 Å². The zero-order chi connectivity index (χ0) is 21.1. The van der Waals surface area contributed by atoms with Crippen LogP contribution < -0.4 is 10.2 Å². The third-order valence-electron chi connectivity index (χ3n) is 4.97. The van der Waals surface area contributed by atoms with E-state index < -0.39 is 17.6 Å². The van der Waals surface area contributed by atoms with Gasteiger partial charge in [-0.1, -0.05) is 12.1 Å². The summed E-state index contributed by atoms with van der Waals surface area (Å²) in [5.41, 5.74) is 1.31. The molecule has 1 N–H and O–H groups in total. The minimum Gasteiger partial charge on any atom is -0.355 e. The summed E-state index contributed by atoms with van der Waals surface area (Å²) in [5.74, 6) is 0.361. The van der Waals surface area contributed by atoms with E-state index in [1.165, 1.54) is 0 Å². The van der Waals surface area contributed by atoms with Crippen LogP contribution in [0.3, 0.4) is 0 Å². The van der Waals surface area contributed by atoms with Gasteiger partial charge >= 0.3 is 6.18 Å². The number of hydrogen-bond acceptors (Lipinski definition) is 4. The van der Waals surface area contributed by atoms with Crippen LogP contribution in [-0.2, 0) is 6.18 Å². The lowest BCUT2D eigenvalue weighted by Gasteiger charge is -2.15. The molecule has 0 spiro atoms. The average Bonchev–Trinajstić information content (AvgIpc) is 3.28. The van der Waals surface area contributed by atoms with Gasteiger partial charge in [0.2, 0.25) is 0 Å². The van der Waals surface area contributed by atoms with Crippen molar-refractivity contribution in [3.05, 3.63) is 71.8 Å². The molecule has 5 nitrogen and oxygen atoms in total. The van der Waals surface area contributed by atoms with Crippen LogP contribution in [0.2, 0.25) is 0 Å². The Morgan fingerprint density at radius 3 is 2.30 bits per heavy atom. The zero-order valence-corrected chi connectivity index (χ0v) is 16.0. The van der Waals surface area contributed by atoms with Gasteiger partial charge in [0.25, 0.3) is 5.91 Å². The molecule has 4 rings (SSSR count). The molecule has 8 heteroatoms. The standard InChI is InChI=1S/C22H19F3N4O/c23-22(24,25)17-8-6-15(7-9-17)21(30)26-18-5-3-4-16(14-18)19-10-11-20(28-27-19)29-12-1-2-13-29/h3-11,14H,1-2,12-13H2,(H,26,30). The Morgan fingerprint density at radius 2 is 1.67 bits per heavy atom. The van der Waals surface area contributed by atoms with Crippen LogP contribution in [0, 0.1) is 0 Å². The molecule has 1 aliphatic heterocycles. The molecular formula is C22H19F3N4O. The molecule has 0 bridgehead atoms. The van der Waals surface area contributed by atoms with Crippen molar-refractivity contribution in [2.45, 2.75) is 19.0 Å². The Hall–Kier alpha value is -3.42. The molecule has 0 saturated carbocycles. The average molecular weight is 412 g/mol. The van der Waals surface area contributed by atoms with Gasteiger partial charge in [-0.05, 0) is 61.4 Å². The van der Waals surface area contributed by atoms with Gasteiger partial charge in [0, 0.05) is 29.9 Å². The van der Waals surface area contributed by atoms with Crippen molar-refractivity contribution >= 4 is 17.4 Å². The van der Waals surface area contributed by atoms with E-state index >= 15 is 0 Å². The number of amides is 1. The van der Waals surface area contributed by atoms with Crippen LogP contribution in [0.1, 0.15) is 28.8 Å². The van der Waals surface area contributed by atoms with Gasteiger partial charge in [-0.2, -0.15) is 13.2 Å². The fourth-order valence-corrected chi connectivity index (χ4v) is 3.36. The maximum absolute atomic E-state index is 12.7. The lowest BCUT2D eigenvalue weighted by atomic mass is 10.1. The summed E-state index contributed by atoms with van der Waals surface area (Å²) in [6.45, 7) is 1.97. The Labute approximate surface area is 171 Å². The monoisotopic (exact) mass is 412 g/mol. The number of alkyl halides is 3. The van der Waals surface area contributed by atoms with Crippen LogP contribution in [0.15, 0.2) is 60.7 Å². The highest BCUT2D eigenvalue weighted by molar-refractivity contribution is 6.04. The first-order valence-electron chi connectivity index (χ1n) is 9.58. The lowest BCUT2D eigenvalue weighted by Crippen LogP contribution is -2.19. The van der Waals surface area contributed by atoms with Crippen molar-refractivity contribution in [2.75, 3.05) is 23.3 Å². The second kappa shape index (κ2) is 8.14. The third-order valence-corrected chi connectivity index (χ3v) is 4.97. The van der Waals surface area contributed by atoms with Crippen molar-refractivity contribution in [1.82, 2.24) is 10.2 Å². The second-order valence-corrected chi connectivity index (χ2v) is 7.08. The summed E-state index contributed by atoms with van der Waals surface area (Å²) in [6, 6.07) is 15.0. The van der Waals surface area contributed by atoms with E-state index in [0.717, 1.165) is 61.6 Å². The number of rotatable bonds is 4. The number of anilines is 2. The highest BCUT2D eigenvalue weighted by Gasteiger charge is 2.30. The number of carbonyl (C=O) groups is 1. The molecule has 1 aliphatic rings. The largest absolute Gasteiger partial charge is 0.416 e. The number of nitrogens with one attached hydrogen (secondary N) is 1. The molecule has 3 aromatic rings. The number of carbonyl (C=O) groups excluding carboxylic acids is 1. The Kier molecular flexibility index (Phi) is 5.39. The second-order valence-electron chi connectivity index (χ2n) is 7.08. The molecule has 1 amide bonds.